The van der Waals surface area contributed by atoms with Crippen LogP contribution in [0.15, 0.2) is 30.3 Å². The Balaban J connectivity index is 2.53. The van der Waals surface area contributed by atoms with E-state index in [0.717, 1.165) is 17.2 Å². The molecular weight excluding hydrogens is 286 g/mol. The van der Waals surface area contributed by atoms with Gasteiger partial charge in [0.05, 0.1) is 10.6 Å². The molecule has 0 saturated heterocycles. The number of carbonyl (C=O) groups is 1. The highest BCUT2D eigenvalue weighted by Gasteiger charge is 2.17. The molecule has 19 heavy (non-hydrogen) atoms. The molecule has 0 spiro atoms. The zero-order chi connectivity index (χ0) is 14.2. The van der Waals surface area contributed by atoms with Gasteiger partial charge in [-0.2, -0.15) is 0 Å². The molecule has 0 bridgehead atoms. The maximum Gasteiger partial charge on any atom is 0.197 e. The normalized spacial score (nSPS) is 10.6. The minimum absolute atomic E-state index is 0.0328. The van der Waals surface area contributed by atoms with Gasteiger partial charge in [0, 0.05) is 10.6 Å². The number of hydrogen-bond donors (Lipinski definition) is 0. The largest absolute Gasteiger partial charge is 0.288 e. The van der Waals surface area contributed by atoms with Crippen LogP contribution in [0.3, 0.4) is 0 Å². The Kier molecular flexibility index (Phi) is 3.93. The van der Waals surface area contributed by atoms with E-state index in [1.165, 1.54) is 12.1 Å². The van der Waals surface area contributed by atoms with Gasteiger partial charge in [0.2, 0.25) is 0 Å². The van der Waals surface area contributed by atoms with Gasteiger partial charge in [-0.1, -0.05) is 23.2 Å². The lowest BCUT2D eigenvalue weighted by atomic mass is 9.99. The first-order valence-corrected chi connectivity index (χ1v) is 6.42. The molecule has 98 valence electrons. The summed E-state index contributed by atoms with van der Waals surface area (Å²) in [6.45, 7) is 3.78. The standard InChI is InChI=1S/C15H11Cl2FO/c1-8-5-12(13(17)6-9(8)2)15(19)11-4-3-10(16)7-14(11)18/h3-7H,1-2H3. The minimum Gasteiger partial charge on any atom is -0.288 e. The van der Waals surface area contributed by atoms with Crippen LogP contribution in [0.4, 0.5) is 4.39 Å². The first-order chi connectivity index (χ1) is 8.90. The molecule has 0 aromatic heterocycles. The third-order valence-corrected chi connectivity index (χ3v) is 3.55. The molecule has 0 aliphatic carbocycles. The van der Waals surface area contributed by atoms with Crippen molar-refractivity contribution >= 4 is 29.0 Å². The van der Waals surface area contributed by atoms with Gasteiger partial charge in [0.25, 0.3) is 0 Å². The quantitative estimate of drug-likeness (QED) is 0.714. The summed E-state index contributed by atoms with van der Waals surface area (Å²) in [6.07, 6.45) is 0. The topological polar surface area (TPSA) is 17.1 Å². The lowest BCUT2D eigenvalue weighted by molar-refractivity contribution is 0.103. The van der Waals surface area contributed by atoms with Crippen molar-refractivity contribution in [1.82, 2.24) is 0 Å². The van der Waals surface area contributed by atoms with E-state index in [9.17, 15) is 9.18 Å². The maximum absolute atomic E-state index is 13.7. The predicted octanol–water partition coefficient (Wildman–Crippen LogP) is 4.98. The molecule has 0 atom stereocenters. The Labute approximate surface area is 121 Å². The molecule has 2 rings (SSSR count). The van der Waals surface area contributed by atoms with E-state index in [1.54, 1.807) is 12.1 Å². The number of halogens is 3. The highest BCUT2D eigenvalue weighted by atomic mass is 35.5. The van der Waals surface area contributed by atoms with Crippen molar-refractivity contribution in [3.63, 3.8) is 0 Å². The molecule has 0 unspecified atom stereocenters. The zero-order valence-corrected chi connectivity index (χ0v) is 11.9. The summed E-state index contributed by atoms with van der Waals surface area (Å²) in [4.78, 5) is 12.3. The van der Waals surface area contributed by atoms with Crippen LogP contribution in [0.2, 0.25) is 10.0 Å². The summed E-state index contributed by atoms with van der Waals surface area (Å²) >= 11 is 11.7. The lowest BCUT2D eigenvalue weighted by Gasteiger charge is -2.08. The van der Waals surface area contributed by atoms with Gasteiger partial charge in [-0.15, -0.1) is 0 Å². The second kappa shape index (κ2) is 5.32. The number of ketones is 1. The number of hydrogen-bond acceptors (Lipinski definition) is 1. The van der Waals surface area contributed by atoms with Crippen LogP contribution >= 0.6 is 23.2 Å². The number of carbonyl (C=O) groups excluding carboxylic acids is 1. The summed E-state index contributed by atoms with van der Waals surface area (Å²) in [7, 11) is 0. The monoisotopic (exact) mass is 296 g/mol. The second-order valence-corrected chi connectivity index (χ2v) is 5.21. The van der Waals surface area contributed by atoms with E-state index in [4.69, 9.17) is 23.2 Å². The molecule has 0 saturated carbocycles. The lowest BCUT2D eigenvalue weighted by Crippen LogP contribution is -2.06. The van der Waals surface area contributed by atoms with Gasteiger partial charge < -0.3 is 0 Å². The summed E-state index contributed by atoms with van der Waals surface area (Å²) in [5, 5.41) is 0.572. The maximum atomic E-state index is 13.7. The Morgan fingerprint density at radius 2 is 1.63 bits per heavy atom. The Hall–Kier alpha value is -1.38. The summed E-state index contributed by atoms with van der Waals surface area (Å²) in [6, 6.07) is 7.34. The first kappa shape index (κ1) is 14.0. The molecule has 4 heteroatoms. The molecule has 0 heterocycles. The van der Waals surface area contributed by atoms with E-state index in [0.29, 0.717) is 10.6 Å². The van der Waals surface area contributed by atoms with E-state index in [2.05, 4.69) is 0 Å². The van der Waals surface area contributed by atoms with Gasteiger partial charge in [-0.25, -0.2) is 4.39 Å². The van der Waals surface area contributed by atoms with Crippen molar-refractivity contribution in [2.24, 2.45) is 0 Å². The summed E-state index contributed by atoms with van der Waals surface area (Å²) in [5.74, 6) is -1.09. The fourth-order valence-electron chi connectivity index (χ4n) is 1.77. The third kappa shape index (κ3) is 2.80. The van der Waals surface area contributed by atoms with Crippen LogP contribution in [0.25, 0.3) is 0 Å². The fraction of sp³-hybridized carbons (Fsp3) is 0.133. The molecule has 1 nitrogen and oxygen atoms in total. The van der Waals surface area contributed by atoms with Crippen LogP contribution < -0.4 is 0 Å². The molecule has 2 aromatic carbocycles. The number of benzene rings is 2. The van der Waals surface area contributed by atoms with Crippen LogP contribution in [-0.4, -0.2) is 5.78 Å². The van der Waals surface area contributed by atoms with Crippen molar-refractivity contribution < 1.29 is 9.18 Å². The zero-order valence-electron chi connectivity index (χ0n) is 10.4. The average molecular weight is 297 g/mol. The molecule has 0 amide bonds. The smallest absolute Gasteiger partial charge is 0.197 e. The second-order valence-electron chi connectivity index (χ2n) is 4.37. The SMILES string of the molecule is Cc1cc(Cl)c(C(=O)c2ccc(Cl)cc2F)cc1C. The first-order valence-electron chi connectivity index (χ1n) is 5.66. The Bertz CT molecular complexity index is 665. The van der Waals surface area contributed by atoms with E-state index in [-0.39, 0.29) is 10.6 Å². The average Bonchev–Trinajstić information content (AvgIpc) is 2.33. The van der Waals surface area contributed by atoms with E-state index in [1.807, 2.05) is 13.8 Å². The van der Waals surface area contributed by atoms with Crippen LogP contribution in [0.5, 0.6) is 0 Å². The summed E-state index contributed by atoms with van der Waals surface area (Å²) < 4.78 is 13.7. The Morgan fingerprint density at radius 1 is 1.00 bits per heavy atom. The van der Waals surface area contributed by atoms with Crippen LogP contribution in [0.1, 0.15) is 27.0 Å². The van der Waals surface area contributed by atoms with E-state index < -0.39 is 11.6 Å². The van der Waals surface area contributed by atoms with Crippen molar-refractivity contribution in [2.75, 3.05) is 0 Å². The van der Waals surface area contributed by atoms with Crippen molar-refractivity contribution in [3.05, 3.63) is 68.4 Å². The highest BCUT2D eigenvalue weighted by molar-refractivity contribution is 6.35. The molecule has 0 aliphatic rings. The van der Waals surface area contributed by atoms with Crippen LogP contribution in [-0.2, 0) is 0 Å². The van der Waals surface area contributed by atoms with Crippen LogP contribution in [0, 0.1) is 19.7 Å². The minimum atomic E-state index is -0.646. The predicted molar refractivity (Wildman–Crippen MR) is 75.8 cm³/mol. The van der Waals surface area contributed by atoms with Gasteiger partial charge in [-0.3, -0.25) is 4.79 Å². The number of aryl methyl sites for hydroxylation is 2. The fourth-order valence-corrected chi connectivity index (χ4v) is 2.24. The van der Waals surface area contributed by atoms with Gasteiger partial charge in [-0.05, 0) is 55.3 Å². The van der Waals surface area contributed by atoms with E-state index >= 15 is 0 Å². The van der Waals surface area contributed by atoms with Crippen molar-refractivity contribution in [2.45, 2.75) is 13.8 Å². The summed E-state index contributed by atoms with van der Waals surface area (Å²) in [5.41, 5.74) is 2.18. The molecule has 0 N–H and O–H groups in total. The molecule has 0 radical (unpaired) electrons. The molecular formula is C15H11Cl2FO. The van der Waals surface area contributed by atoms with Crippen molar-refractivity contribution in [3.8, 4) is 0 Å². The van der Waals surface area contributed by atoms with Gasteiger partial charge in [0.15, 0.2) is 5.78 Å². The Morgan fingerprint density at radius 3 is 2.26 bits per heavy atom. The molecule has 0 fully saturated rings. The third-order valence-electron chi connectivity index (χ3n) is 3.00. The molecule has 2 aromatic rings. The molecule has 0 aliphatic heterocycles. The van der Waals surface area contributed by atoms with Crippen molar-refractivity contribution in [1.29, 1.82) is 0 Å². The highest BCUT2D eigenvalue weighted by Crippen LogP contribution is 2.25. The van der Waals surface area contributed by atoms with Gasteiger partial charge in [0.1, 0.15) is 5.82 Å². The van der Waals surface area contributed by atoms with Gasteiger partial charge >= 0.3 is 0 Å². The number of rotatable bonds is 2.